The summed E-state index contributed by atoms with van der Waals surface area (Å²) >= 11 is 6.43. The fourth-order valence-corrected chi connectivity index (χ4v) is 6.80. The normalized spacial score (nSPS) is 21.7. The van der Waals surface area contributed by atoms with Gasteiger partial charge in [-0.1, -0.05) is 36.5 Å². The minimum absolute atomic E-state index is 0.0315. The summed E-state index contributed by atoms with van der Waals surface area (Å²) in [6.07, 6.45) is 7.64. The van der Waals surface area contributed by atoms with Crippen molar-refractivity contribution in [1.29, 1.82) is 0 Å². The third kappa shape index (κ3) is 6.43. The van der Waals surface area contributed by atoms with Crippen molar-refractivity contribution in [2.75, 3.05) is 24.5 Å². The Bertz CT molecular complexity index is 1750. The number of fused-ring (bicyclic) bond motifs is 1. The Morgan fingerprint density at radius 3 is 2.51 bits per heavy atom. The lowest BCUT2D eigenvalue weighted by molar-refractivity contribution is 0.0217. The number of H-pyrrole nitrogens is 1. The molecule has 6 rings (SSSR count). The first kappa shape index (κ1) is 31.1. The molecule has 13 heteroatoms. The van der Waals surface area contributed by atoms with Gasteiger partial charge in [-0.15, -0.1) is 0 Å². The van der Waals surface area contributed by atoms with Crippen molar-refractivity contribution >= 4 is 34.7 Å². The van der Waals surface area contributed by atoms with Gasteiger partial charge in [0.15, 0.2) is 0 Å². The van der Waals surface area contributed by atoms with Crippen LogP contribution >= 0.6 is 11.6 Å². The van der Waals surface area contributed by atoms with Crippen LogP contribution in [0, 0.1) is 11.8 Å². The number of halogens is 1. The zero-order valence-electron chi connectivity index (χ0n) is 26.7. The summed E-state index contributed by atoms with van der Waals surface area (Å²) in [6, 6.07) is 3.75. The van der Waals surface area contributed by atoms with Crippen molar-refractivity contribution in [2.24, 2.45) is 11.8 Å². The maximum absolute atomic E-state index is 13.0. The van der Waals surface area contributed by atoms with Crippen LogP contribution in [0.1, 0.15) is 73.3 Å². The molecule has 1 aliphatic carbocycles. The third-order valence-electron chi connectivity index (χ3n) is 9.00. The minimum atomic E-state index is -0.666. The molecule has 2 fully saturated rings. The van der Waals surface area contributed by atoms with E-state index < -0.39 is 11.4 Å². The Morgan fingerprint density at radius 2 is 1.87 bits per heavy atom. The Hall–Kier alpha value is -3.93. The Balaban J connectivity index is 1.50. The summed E-state index contributed by atoms with van der Waals surface area (Å²) in [5.74, 6) is 1.53. The lowest BCUT2D eigenvalue weighted by atomic mass is 9.79. The molecule has 45 heavy (non-hydrogen) atoms. The van der Waals surface area contributed by atoms with Crippen LogP contribution in [0.25, 0.3) is 33.8 Å². The lowest BCUT2D eigenvalue weighted by Gasteiger charge is -2.42. The number of pyridine rings is 2. The van der Waals surface area contributed by atoms with Gasteiger partial charge in [0.1, 0.15) is 11.3 Å². The third-order valence-corrected chi connectivity index (χ3v) is 9.20. The highest BCUT2D eigenvalue weighted by atomic mass is 35.5. The van der Waals surface area contributed by atoms with Gasteiger partial charge in [0.2, 0.25) is 11.8 Å². The number of ether oxygens (including phenoxy) is 1. The molecule has 1 saturated heterocycles. The van der Waals surface area contributed by atoms with Crippen LogP contribution in [0.4, 0.5) is 10.7 Å². The van der Waals surface area contributed by atoms with Crippen molar-refractivity contribution in [1.82, 2.24) is 34.6 Å². The Morgan fingerprint density at radius 1 is 1.11 bits per heavy atom. The van der Waals surface area contributed by atoms with Crippen LogP contribution in [-0.4, -0.2) is 71.9 Å². The van der Waals surface area contributed by atoms with Crippen LogP contribution in [0.5, 0.6) is 0 Å². The highest BCUT2D eigenvalue weighted by Gasteiger charge is 2.36. The van der Waals surface area contributed by atoms with Crippen molar-refractivity contribution in [3.63, 3.8) is 0 Å². The number of hydrogen-bond donors (Lipinski definition) is 1. The van der Waals surface area contributed by atoms with Crippen LogP contribution in [0.15, 0.2) is 33.8 Å². The molecule has 5 heterocycles. The summed E-state index contributed by atoms with van der Waals surface area (Å²) in [4.78, 5) is 46.1. The second kappa shape index (κ2) is 12.1. The van der Waals surface area contributed by atoms with Gasteiger partial charge in [-0.25, -0.2) is 19.6 Å². The highest BCUT2D eigenvalue weighted by Crippen LogP contribution is 2.42. The molecule has 0 aromatic carbocycles. The summed E-state index contributed by atoms with van der Waals surface area (Å²) in [6.45, 7) is 13.9. The molecule has 0 spiro atoms. The highest BCUT2D eigenvalue weighted by molar-refractivity contribution is 6.30. The van der Waals surface area contributed by atoms with E-state index in [2.05, 4.69) is 45.4 Å². The Kier molecular flexibility index (Phi) is 8.36. The predicted molar refractivity (Wildman–Crippen MR) is 172 cm³/mol. The fraction of sp³-hybridized carbons (Fsp3) is 0.562. The van der Waals surface area contributed by atoms with Crippen molar-refractivity contribution in [3.8, 4) is 22.8 Å². The molecular formula is C32H41ClN8O4. The number of imidazole rings is 1. The first-order chi connectivity index (χ1) is 21.4. The molecule has 0 bridgehead atoms. The SMILES string of the molecule is CC1CCC(C(C)n2c(N3CCN(C(=O)OC(C)(C)C)C[C@H]3C)nc3cc(-c4noc(=O)[nH]4)nc(-c4cncc(Cl)c4)c32)CC1. The zero-order valence-corrected chi connectivity index (χ0v) is 27.5. The molecule has 0 radical (unpaired) electrons. The van der Waals surface area contributed by atoms with E-state index in [0.717, 1.165) is 35.8 Å². The number of anilines is 1. The summed E-state index contributed by atoms with van der Waals surface area (Å²) < 4.78 is 12.8. The van der Waals surface area contributed by atoms with E-state index in [4.69, 9.17) is 30.8 Å². The van der Waals surface area contributed by atoms with E-state index >= 15 is 0 Å². The van der Waals surface area contributed by atoms with Gasteiger partial charge in [0.05, 0.1) is 21.7 Å². The first-order valence-electron chi connectivity index (χ1n) is 15.7. The molecule has 1 N–H and O–H groups in total. The quantitative estimate of drug-likeness (QED) is 0.267. The number of rotatable bonds is 5. The summed E-state index contributed by atoms with van der Waals surface area (Å²) in [5.41, 5.74) is 2.77. The van der Waals surface area contributed by atoms with Gasteiger partial charge in [-0.2, -0.15) is 0 Å². The van der Waals surface area contributed by atoms with Gasteiger partial charge < -0.3 is 19.1 Å². The molecule has 4 aromatic rings. The molecule has 1 unspecified atom stereocenters. The average molecular weight is 637 g/mol. The fourth-order valence-electron chi connectivity index (χ4n) is 6.63. The van der Waals surface area contributed by atoms with E-state index in [0.29, 0.717) is 47.5 Å². The number of aromatic nitrogens is 6. The van der Waals surface area contributed by atoms with E-state index in [1.807, 2.05) is 32.9 Å². The maximum atomic E-state index is 13.0. The smallest absolute Gasteiger partial charge is 0.439 e. The largest absolute Gasteiger partial charge is 0.444 e. The molecule has 12 nitrogen and oxygen atoms in total. The molecule has 1 saturated carbocycles. The van der Waals surface area contributed by atoms with Gasteiger partial charge in [-0.3, -0.25) is 14.5 Å². The molecule has 240 valence electrons. The number of amides is 1. The minimum Gasteiger partial charge on any atom is -0.444 e. The van der Waals surface area contributed by atoms with Crippen LogP contribution in [-0.2, 0) is 4.74 Å². The van der Waals surface area contributed by atoms with Crippen molar-refractivity contribution in [2.45, 2.75) is 84.9 Å². The van der Waals surface area contributed by atoms with Crippen LogP contribution < -0.4 is 10.7 Å². The van der Waals surface area contributed by atoms with Gasteiger partial charge >= 0.3 is 11.8 Å². The lowest BCUT2D eigenvalue weighted by Crippen LogP contribution is -2.55. The second-order valence-electron chi connectivity index (χ2n) is 13.6. The molecule has 2 aliphatic rings. The molecule has 1 aliphatic heterocycles. The average Bonchev–Trinajstić information content (AvgIpc) is 3.59. The number of piperazine rings is 1. The number of nitrogens with one attached hydrogen (secondary N) is 1. The molecule has 4 aromatic heterocycles. The van der Waals surface area contributed by atoms with E-state index in [1.165, 1.54) is 12.8 Å². The van der Waals surface area contributed by atoms with E-state index in [1.54, 1.807) is 17.3 Å². The summed E-state index contributed by atoms with van der Waals surface area (Å²) in [7, 11) is 0. The first-order valence-corrected chi connectivity index (χ1v) is 16.1. The number of nitrogens with zero attached hydrogens (tertiary/aromatic N) is 7. The van der Waals surface area contributed by atoms with Crippen molar-refractivity contribution in [3.05, 3.63) is 40.1 Å². The van der Waals surface area contributed by atoms with Crippen molar-refractivity contribution < 1.29 is 14.1 Å². The molecule has 2 atom stereocenters. The standard InChI is InChI=1S/C32H41ClN8O4/c1-18-7-9-21(10-8-18)20(3)41-27-24(36-29(41)40-12-11-39(17-19(40)2)31(43)44-32(4,5)6)14-25(28-37-30(42)45-38-28)35-26(27)22-13-23(33)16-34-15-22/h13-16,18-21H,7-12,17H2,1-6H3,(H,37,38,42)/t18?,19-,20?,21?/m1/s1. The number of aromatic amines is 1. The summed E-state index contributed by atoms with van der Waals surface area (Å²) in [5, 5.41) is 4.38. The van der Waals surface area contributed by atoms with Gasteiger partial charge in [0.25, 0.3) is 0 Å². The molecule has 1 amide bonds. The van der Waals surface area contributed by atoms with E-state index in [9.17, 15) is 9.59 Å². The number of carbonyl (C=O) groups is 1. The number of hydrogen-bond acceptors (Lipinski definition) is 9. The van der Waals surface area contributed by atoms with E-state index in [-0.39, 0.29) is 24.0 Å². The zero-order chi connectivity index (χ0) is 32.0. The van der Waals surface area contributed by atoms with Crippen LogP contribution in [0.2, 0.25) is 5.02 Å². The monoisotopic (exact) mass is 636 g/mol. The van der Waals surface area contributed by atoms with Gasteiger partial charge in [-0.05, 0) is 71.4 Å². The topological polar surface area (TPSA) is 135 Å². The maximum Gasteiger partial charge on any atom is 0.439 e. The molecular weight excluding hydrogens is 596 g/mol. The van der Waals surface area contributed by atoms with Crippen LogP contribution in [0.3, 0.4) is 0 Å². The predicted octanol–water partition coefficient (Wildman–Crippen LogP) is 6.32. The number of carbonyl (C=O) groups excluding carboxylic acids is 1. The Labute approximate surface area is 267 Å². The van der Waals surface area contributed by atoms with Gasteiger partial charge in [0, 0.05) is 49.7 Å². The second-order valence-corrected chi connectivity index (χ2v) is 14.0.